The predicted molar refractivity (Wildman–Crippen MR) is 63.2 cm³/mol. The van der Waals surface area contributed by atoms with Crippen LogP contribution in [0.5, 0.6) is 0 Å². The molecule has 0 aromatic rings. The highest BCUT2D eigenvalue weighted by molar-refractivity contribution is 9.39. The highest BCUT2D eigenvalue weighted by Gasteiger charge is 2.31. The SMILES string of the molecule is O=P(Br)(OC1CCCC1)OC1CCCC1. The van der Waals surface area contributed by atoms with Crippen molar-refractivity contribution in [3.05, 3.63) is 0 Å². The van der Waals surface area contributed by atoms with Crippen molar-refractivity contribution in [3.63, 3.8) is 0 Å². The van der Waals surface area contributed by atoms with Crippen LogP contribution in [0.15, 0.2) is 0 Å². The molecule has 0 spiro atoms. The first-order valence-electron chi connectivity index (χ1n) is 5.82. The van der Waals surface area contributed by atoms with Gasteiger partial charge in [-0.05, 0) is 25.7 Å². The van der Waals surface area contributed by atoms with Crippen LogP contribution >= 0.6 is 21.8 Å². The van der Waals surface area contributed by atoms with E-state index in [0.717, 1.165) is 25.7 Å². The third-order valence-corrected chi connectivity index (χ3v) is 5.26. The molecule has 0 aliphatic heterocycles. The van der Waals surface area contributed by atoms with Crippen molar-refractivity contribution >= 4 is 21.8 Å². The van der Waals surface area contributed by atoms with Gasteiger partial charge in [0.15, 0.2) is 0 Å². The van der Waals surface area contributed by atoms with Crippen molar-refractivity contribution in [2.45, 2.75) is 63.6 Å². The zero-order valence-corrected chi connectivity index (χ0v) is 11.3. The molecular weight excluding hydrogens is 279 g/mol. The Balaban J connectivity index is 1.79. The van der Waals surface area contributed by atoms with Crippen LogP contribution in [0.4, 0.5) is 0 Å². The van der Waals surface area contributed by atoms with E-state index in [2.05, 4.69) is 15.5 Å². The molecule has 0 atom stereocenters. The minimum Gasteiger partial charge on any atom is -0.297 e. The molecule has 0 unspecified atom stereocenters. The molecule has 0 aromatic carbocycles. The van der Waals surface area contributed by atoms with Gasteiger partial charge < -0.3 is 0 Å². The molecule has 2 saturated carbocycles. The quantitative estimate of drug-likeness (QED) is 0.721. The van der Waals surface area contributed by atoms with Crippen LogP contribution < -0.4 is 0 Å². The zero-order valence-electron chi connectivity index (χ0n) is 8.86. The van der Waals surface area contributed by atoms with Gasteiger partial charge in [0, 0.05) is 15.5 Å². The highest BCUT2D eigenvalue weighted by Crippen LogP contribution is 2.60. The fraction of sp³-hybridized carbons (Fsp3) is 1.00. The van der Waals surface area contributed by atoms with Crippen LogP contribution in [-0.2, 0) is 13.6 Å². The molecule has 2 rings (SSSR count). The summed E-state index contributed by atoms with van der Waals surface area (Å²) in [5.74, 6) is 0. The maximum absolute atomic E-state index is 12.0. The normalized spacial score (nSPS) is 25.1. The first-order chi connectivity index (χ1) is 7.16. The lowest BCUT2D eigenvalue weighted by molar-refractivity contribution is 0.131. The zero-order chi connectivity index (χ0) is 10.7. The second kappa shape index (κ2) is 5.31. The number of halogens is 1. The molecule has 0 bridgehead atoms. The summed E-state index contributed by atoms with van der Waals surface area (Å²) in [6.45, 7) is 0. The van der Waals surface area contributed by atoms with E-state index in [4.69, 9.17) is 9.05 Å². The van der Waals surface area contributed by atoms with E-state index in [1.54, 1.807) is 0 Å². The minimum absolute atomic E-state index is 0.136. The lowest BCUT2D eigenvalue weighted by Gasteiger charge is -2.20. The minimum atomic E-state index is -2.98. The van der Waals surface area contributed by atoms with Crippen LogP contribution in [0, 0.1) is 0 Å². The molecule has 0 N–H and O–H groups in total. The Morgan fingerprint density at radius 3 is 1.53 bits per heavy atom. The lowest BCUT2D eigenvalue weighted by atomic mass is 10.3. The third kappa shape index (κ3) is 3.85. The second-order valence-electron chi connectivity index (χ2n) is 4.45. The molecule has 15 heavy (non-hydrogen) atoms. The van der Waals surface area contributed by atoms with E-state index in [0.29, 0.717) is 0 Å². The van der Waals surface area contributed by atoms with Gasteiger partial charge in [-0.2, -0.15) is 0 Å². The van der Waals surface area contributed by atoms with Gasteiger partial charge in [-0.15, -0.1) is 0 Å². The summed E-state index contributed by atoms with van der Waals surface area (Å²) in [4.78, 5) is 0. The van der Waals surface area contributed by atoms with E-state index < -0.39 is 6.30 Å². The Labute approximate surface area is 99.2 Å². The van der Waals surface area contributed by atoms with Crippen LogP contribution in [0.25, 0.3) is 0 Å². The molecule has 2 aliphatic rings. The van der Waals surface area contributed by atoms with Gasteiger partial charge in [0.25, 0.3) is 0 Å². The van der Waals surface area contributed by atoms with E-state index in [1.807, 2.05) is 0 Å². The molecule has 5 heteroatoms. The molecule has 2 aliphatic carbocycles. The van der Waals surface area contributed by atoms with E-state index in [1.165, 1.54) is 25.7 Å². The van der Waals surface area contributed by atoms with Crippen molar-refractivity contribution < 1.29 is 13.6 Å². The Morgan fingerprint density at radius 1 is 0.867 bits per heavy atom. The summed E-state index contributed by atoms with van der Waals surface area (Å²) in [5.41, 5.74) is 0. The highest BCUT2D eigenvalue weighted by atomic mass is 79.9. The summed E-state index contributed by atoms with van der Waals surface area (Å²) in [6.07, 6.45) is 6.09. The number of hydrogen-bond donors (Lipinski definition) is 0. The van der Waals surface area contributed by atoms with Crippen molar-refractivity contribution in [3.8, 4) is 0 Å². The van der Waals surface area contributed by atoms with Crippen molar-refractivity contribution in [1.82, 2.24) is 0 Å². The molecule has 0 radical (unpaired) electrons. The van der Waals surface area contributed by atoms with Gasteiger partial charge in [-0.1, -0.05) is 25.7 Å². The third-order valence-electron chi connectivity index (χ3n) is 3.15. The Bertz CT molecular complexity index is 225. The molecule has 3 nitrogen and oxygen atoms in total. The lowest BCUT2D eigenvalue weighted by Crippen LogP contribution is -2.09. The van der Waals surface area contributed by atoms with Gasteiger partial charge in [0.2, 0.25) is 0 Å². The average molecular weight is 297 g/mol. The maximum atomic E-state index is 12.0. The maximum Gasteiger partial charge on any atom is 0.396 e. The van der Waals surface area contributed by atoms with E-state index in [9.17, 15) is 4.57 Å². The predicted octanol–water partition coefficient (Wildman–Crippen LogP) is 4.41. The molecule has 0 aromatic heterocycles. The van der Waals surface area contributed by atoms with Gasteiger partial charge in [-0.3, -0.25) is 9.05 Å². The monoisotopic (exact) mass is 296 g/mol. The van der Waals surface area contributed by atoms with E-state index >= 15 is 0 Å². The summed E-state index contributed by atoms with van der Waals surface area (Å²) < 4.78 is 23.0. The van der Waals surface area contributed by atoms with Gasteiger partial charge in [-0.25, -0.2) is 4.57 Å². The molecule has 2 fully saturated rings. The van der Waals surface area contributed by atoms with Crippen LogP contribution in [0.2, 0.25) is 0 Å². The molecule has 88 valence electrons. The summed E-state index contributed by atoms with van der Waals surface area (Å²) >= 11 is 3.11. The summed E-state index contributed by atoms with van der Waals surface area (Å²) in [7, 11) is 0. The molecule has 0 saturated heterocycles. The fourth-order valence-electron chi connectivity index (χ4n) is 2.37. The van der Waals surface area contributed by atoms with Crippen LogP contribution in [-0.4, -0.2) is 12.2 Å². The average Bonchev–Trinajstić information content (AvgIpc) is 2.75. The summed E-state index contributed by atoms with van der Waals surface area (Å²) in [5, 5.41) is 0. The van der Waals surface area contributed by atoms with Gasteiger partial charge >= 0.3 is 6.30 Å². The van der Waals surface area contributed by atoms with Crippen molar-refractivity contribution in [1.29, 1.82) is 0 Å². The second-order valence-corrected chi connectivity index (χ2v) is 8.34. The van der Waals surface area contributed by atoms with Crippen molar-refractivity contribution in [2.24, 2.45) is 0 Å². The number of hydrogen-bond acceptors (Lipinski definition) is 3. The van der Waals surface area contributed by atoms with Gasteiger partial charge in [0.1, 0.15) is 0 Å². The van der Waals surface area contributed by atoms with Gasteiger partial charge in [0.05, 0.1) is 12.2 Å². The standard InChI is InChI=1S/C10H18BrO3P/c11-15(12,13-9-5-1-2-6-9)14-10-7-3-4-8-10/h9-10H,1-8H2. The fourth-order valence-corrected chi connectivity index (χ4v) is 4.97. The topological polar surface area (TPSA) is 35.5 Å². The molecular formula is C10H18BrO3P. The number of rotatable bonds is 4. The first kappa shape index (κ1) is 12.1. The molecule has 0 amide bonds. The van der Waals surface area contributed by atoms with Crippen LogP contribution in [0.1, 0.15) is 51.4 Å². The Morgan fingerprint density at radius 2 is 1.20 bits per heavy atom. The Hall–Kier alpha value is 0.630. The molecule has 0 heterocycles. The first-order valence-corrected chi connectivity index (χ1v) is 9.38. The van der Waals surface area contributed by atoms with Crippen molar-refractivity contribution in [2.75, 3.05) is 0 Å². The Kier molecular flexibility index (Phi) is 4.28. The van der Waals surface area contributed by atoms with E-state index in [-0.39, 0.29) is 12.2 Å². The van der Waals surface area contributed by atoms with Crippen LogP contribution in [0.3, 0.4) is 0 Å². The summed E-state index contributed by atoms with van der Waals surface area (Å²) in [6, 6.07) is 0. The largest absolute Gasteiger partial charge is 0.396 e. The smallest absolute Gasteiger partial charge is 0.297 e.